The molecule has 1 rings (SSSR count). The molecule has 0 aliphatic carbocycles. The lowest BCUT2D eigenvalue weighted by Gasteiger charge is -2.24. The Morgan fingerprint density at radius 2 is 2.00 bits per heavy atom. The fourth-order valence-electron chi connectivity index (χ4n) is 1.83. The van der Waals surface area contributed by atoms with Gasteiger partial charge in [-0.1, -0.05) is 29.5 Å². The minimum Gasteiger partial charge on any atom is -0.344 e. The van der Waals surface area contributed by atoms with Crippen molar-refractivity contribution in [2.75, 3.05) is 0 Å². The van der Waals surface area contributed by atoms with Crippen LogP contribution in [0.25, 0.3) is 0 Å². The lowest BCUT2D eigenvalue weighted by Crippen LogP contribution is -2.34. The molecule has 2 nitrogen and oxygen atoms in total. The molecule has 0 aromatic heterocycles. The molecule has 1 saturated heterocycles. The van der Waals surface area contributed by atoms with Gasteiger partial charge in [0.05, 0.1) is 6.10 Å². The zero-order valence-corrected chi connectivity index (χ0v) is 10.8. The van der Waals surface area contributed by atoms with Gasteiger partial charge in [0, 0.05) is 0 Å². The number of halogens is 1. The van der Waals surface area contributed by atoms with E-state index in [1.807, 2.05) is 17.9 Å². The average molecular weight is 296 g/mol. The van der Waals surface area contributed by atoms with Crippen molar-refractivity contribution in [1.29, 1.82) is 0 Å². The minimum atomic E-state index is -0.453. The highest BCUT2D eigenvalue weighted by Gasteiger charge is 2.47. The van der Waals surface area contributed by atoms with Gasteiger partial charge in [0.15, 0.2) is 5.79 Å². The summed E-state index contributed by atoms with van der Waals surface area (Å²) < 4.78 is 13.6. The second kappa shape index (κ2) is 3.87. The fourth-order valence-corrected chi connectivity index (χ4v) is 2.55. The summed E-state index contributed by atoms with van der Waals surface area (Å²) in [5.74, 6) is -0.453. The third kappa shape index (κ3) is 2.44. The predicted molar refractivity (Wildman–Crippen MR) is 61.9 cm³/mol. The molecule has 0 radical (unpaired) electrons. The van der Waals surface area contributed by atoms with E-state index in [1.165, 1.54) is 0 Å². The Hall–Kier alpha value is 0.390. The van der Waals surface area contributed by atoms with Gasteiger partial charge in [0.25, 0.3) is 0 Å². The lowest BCUT2D eigenvalue weighted by molar-refractivity contribution is -0.153. The monoisotopic (exact) mass is 296 g/mol. The van der Waals surface area contributed by atoms with Crippen LogP contribution in [-0.2, 0) is 9.47 Å². The van der Waals surface area contributed by atoms with Crippen LogP contribution in [0.15, 0.2) is 10.2 Å². The maximum atomic E-state index is 5.87. The summed E-state index contributed by atoms with van der Waals surface area (Å²) in [7, 11) is 0. The van der Waals surface area contributed by atoms with Gasteiger partial charge >= 0.3 is 0 Å². The molecule has 0 spiro atoms. The van der Waals surface area contributed by atoms with Gasteiger partial charge in [-0.2, -0.15) is 0 Å². The van der Waals surface area contributed by atoms with E-state index < -0.39 is 5.79 Å². The Balaban J connectivity index is 2.85. The first kappa shape index (κ1) is 11.5. The normalized spacial score (nSPS) is 38.7. The quantitative estimate of drug-likeness (QED) is 0.728. The summed E-state index contributed by atoms with van der Waals surface area (Å²) in [4.78, 5) is 0. The van der Waals surface area contributed by atoms with E-state index >= 15 is 0 Å². The van der Waals surface area contributed by atoms with Crippen molar-refractivity contribution in [3.05, 3.63) is 10.2 Å². The Kier molecular flexibility index (Phi) is 3.41. The third-order valence-corrected chi connectivity index (χ3v) is 2.66. The van der Waals surface area contributed by atoms with Crippen LogP contribution in [0.3, 0.4) is 0 Å². The second-order valence-electron chi connectivity index (χ2n) is 3.99. The van der Waals surface area contributed by atoms with Crippen LogP contribution >= 0.6 is 22.6 Å². The summed E-state index contributed by atoms with van der Waals surface area (Å²) in [5, 5.41) is 0. The van der Waals surface area contributed by atoms with Crippen LogP contribution in [0.5, 0.6) is 0 Å². The summed E-state index contributed by atoms with van der Waals surface area (Å²) >= 11 is 2.21. The first-order valence-electron chi connectivity index (χ1n) is 4.59. The fraction of sp³-hybridized carbons (Fsp3) is 0.800. The Morgan fingerprint density at radius 3 is 2.46 bits per heavy atom. The summed E-state index contributed by atoms with van der Waals surface area (Å²) in [6.45, 7) is 8.11. The second-order valence-corrected chi connectivity index (χ2v) is 4.71. The zero-order chi connectivity index (χ0) is 10.1. The van der Waals surface area contributed by atoms with Crippen LogP contribution in [0.2, 0.25) is 0 Å². The highest BCUT2D eigenvalue weighted by molar-refractivity contribution is 14.1. The summed E-state index contributed by atoms with van der Waals surface area (Å²) in [5.41, 5.74) is -0.264. The van der Waals surface area contributed by atoms with Gasteiger partial charge in [-0.25, -0.2) is 0 Å². The molecule has 13 heavy (non-hydrogen) atoms. The number of ether oxygens (including phenoxy) is 2. The molecule has 0 aromatic carbocycles. The summed E-state index contributed by atoms with van der Waals surface area (Å²) in [6.07, 6.45) is 3.20. The van der Waals surface area contributed by atoms with Crippen molar-refractivity contribution in [2.24, 2.45) is 0 Å². The van der Waals surface area contributed by atoms with E-state index in [1.54, 1.807) is 0 Å². The first-order valence-corrected chi connectivity index (χ1v) is 5.84. The molecule has 1 heterocycles. The van der Waals surface area contributed by atoms with Crippen molar-refractivity contribution in [1.82, 2.24) is 0 Å². The molecule has 1 aliphatic rings. The van der Waals surface area contributed by atoms with Crippen molar-refractivity contribution in [3.63, 3.8) is 0 Å². The third-order valence-electron chi connectivity index (χ3n) is 2.30. The number of hydrogen-bond acceptors (Lipinski definition) is 2. The van der Waals surface area contributed by atoms with E-state index in [4.69, 9.17) is 9.47 Å². The summed E-state index contributed by atoms with van der Waals surface area (Å²) in [6, 6.07) is 0. The largest absolute Gasteiger partial charge is 0.344 e. The van der Waals surface area contributed by atoms with Crippen LogP contribution in [0.4, 0.5) is 0 Å². The first-order chi connectivity index (χ1) is 5.93. The van der Waals surface area contributed by atoms with Gasteiger partial charge in [-0.15, -0.1) is 0 Å². The maximum absolute atomic E-state index is 5.87. The van der Waals surface area contributed by atoms with Crippen LogP contribution < -0.4 is 0 Å². The van der Waals surface area contributed by atoms with Crippen molar-refractivity contribution in [3.8, 4) is 0 Å². The van der Waals surface area contributed by atoms with E-state index in [-0.39, 0.29) is 11.7 Å². The Bertz CT molecular complexity index is 213. The molecular formula is C10H17IO2. The minimum absolute atomic E-state index is 0.161. The van der Waals surface area contributed by atoms with E-state index in [2.05, 4.69) is 42.5 Å². The molecule has 3 heteroatoms. The topological polar surface area (TPSA) is 18.5 Å². The molecule has 0 amide bonds. The average Bonchev–Trinajstić information content (AvgIpc) is 2.21. The number of hydrogen-bond donors (Lipinski definition) is 0. The van der Waals surface area contributed by atoms with Crippen molar-refractivity contribution >= 4 is 22.6 Å². The van der Waals surface area contributed by atoms with Gasteiger partial charge in [-0.3, -0.25) is 0 Å². The Labute approximate surface area is 93.8 Å². The maximum Gasteiger partial charge on any atom is 0.164 e. The number of rotatable bonds is 2. The highest BCUT2D eigenvalue weighted by Crippen LogP contribution is 2.38. The standard InChI is InChI=1S/C10H17IO2/c1-5-8-10(4,6-7-11)13-9(2,3)12-8/h6-8H,5H2,1-4H3/b7-6+/t8-,10-/m1/s1. The highest BCUT2D eigenvalue weighted by atomic mass is 127. The van der Waals surface area contributed by atoms with Crippen LogP contribution in [-0.4, -0.2) is 17.5 Å². The molecule has 0 unspecified atom stereocenters. The predicted octanol–water partition coefficient (Wildman–Crippen LogP) is 3.26. The molecule has 0 N–H and O–H groups in total. The molecule has 76 valence electrons. The van der Waals surface area contributed by atoms with Crippen molar-refractivity contribution in [2.45, 2.75) is 51.6 Å². The van der Waals surface area contributed by atoms with E-state index in [0.717, 1.165) is 6.42 Å². The smallest absolute Gasteiger partial charge is 0.164 e. The van der Waals surface area contributed by atoms with Gasteiger partial charge in [-0.05, 0) is 37.4 Å². The van der Waals surface area contributed by atoms with E-state index in [0.29, 0.717) is 0 Å². The van der Waals surface area contributed by atoms with Crippen LogP contribution in [0.1, 0.15) is 34.1 Å². The molecule has 0 saturated carbocycles. The van der Waals surface area contributed by atoms with Gasteiger partial charge in [0.2, 0.25) is 0 Å². The molecule has 0 bridgehead atoms. The molecule has 1 fully saturated rings. The molecule has 0 aromatic rings. The molecule has 2 atom stereocenters. The lowest BCUT2D eigenvalue weighted by atomic mass is 9.98. The molecule has 1 aliphatic heterocycles. The van der Waals surface area contributed by atoms with Crippen molar-refractivity contribution < 1.29 is 9.47 Å². The Morgan fingerprint density at radius 1 is 1.38 bits per heavy atom. The molecular weight excluding hydrogens is 279 g/mol. The zero-order valence-electron chi connectivity index (χ0n) is 8.63. The van der Waals surface area contributed by atoms with Gasteiger partial charge < -0.3 is 9.47 Å². The van der Waals surface area contributed by atoms with Gasteiger partial charge in [0.1, 0.15) is 5.60 Å². The van der Waals surface area contributed by atoms with Crippen LogP contribution in [0, 0.1) is 0 Å². The van der Waals surface area contributed by atoms with E-state index in [9.17, 15) is 0 Å². The SMILES string of the molecule is CC[C@H]1OC(C)(C)O[C@]1(C)/C=C/I.